The van der Waals surface area contributed by atoms with E-state index in [2.05, 4.69) is 5.32 Å². The Morgan fingerprint density at radius 2 is 2.15 bits per heavy atom. The standard InChI is InChI=1S/C13H19ClN2O4/c1-13(2,3)15-7-10(17)8-20-12-5-4-9(14)6-11(12)16(18)19/h4-6,10,15,17H,7-8H2,1-3H3. The Labute approximate surface area is 122 Å². The van der Waals surface area contributed by atoms with E-state index in [1.54, 1.807) is 0 Å². The highest BCUT2D eigenvalue weighted by Crippen LogP contribution is 2.29. The van der Waals surface area contributed by atoms with Crippen molar-refractivity contribution in [2.75, 3.05) is 13.2 Å². The lowest BCUT2D eigenvalue weighted by Gasteiger charge is -2.22. The fraction of sp³-hybridized carbons (Fsp3) is 0.538. The molecule has 1 rings (SSSR count). The van der Waals surface area contributed by atoms with Crippen LogP contribution in [0.25, 0.3) is 0 Å². The van der Waals surface area contributed by atoms with Gasteiger partial charge in [-0.3, -0.25) is 10.1 Å². The minimum atomic E-state index is -0.760. The number of aliphatic hydroxyl groups is 1. The van der Waals surface area contributed by atoms with Crippen molar-refractivity contribution in [1.82, 2.24) is 5.32 Å². The van der Waals surface area contributed by atoms with Crippen LogP contribution in [0, 0.1) is 10.1 Å². The Morgan fingerprint density at radius 1 is 1.50 bits per heavy atom. The van der Waals surface area contributed by atoms with Gasteiger partial charge in [0.2, 0.25) is 0 Å². The summed E-state index contributed by atoms with van der Waals surface area (Å²) in [6.07, 6.45) is -0.760. The maximum atomic E-state index is 10.9. The first-order valence-corrected chi connectivity index (χ1v) is 6.56. The number of nitro benzene ring substituents is 1. The van der Waals surface area contributed by atoms with Crippen molar-refractivity contribution >= 4 is 17.3 Å². The van der Waals surface area contributed by atoms with Crippen LogP contribution in [0.15, 0.2) is 18.2 Å². The largest absolute Gasteiger partial charge is 0.484 e. The monoisotopic (exact) mass is 302 g/mol. The number of hydrogen-bond donors (Lipinski definition) is 2. The van der Waals surface area contributed by atoms with E-state index in [-0.39, 0.29) is 28.6 Å². The van der Waals surface area contributed by atoms with Crippen molar-refractivity contribution in [3.05, 3.63) is 33.3 Å². The molecule has 20 heavy (non-hydrogen) atoms. The number of rotatable bonds is 6. The lowest BCUT2D eigenvalue weighted by atomic mass is 10.1. The second-order valence-corrected chi connectivity index (χ2v) is 5.90. The average Bonchev–Trinajstić information content (AvgIpc) is 2.33. The van der Waals surface area contributed by atoms with Gasteiger partial charge >= 0.3 is 5.69 Å². The van der Waals surface area contributed by atoms with E-state index in [0.717, 1.165) is 0 Å². The molecule has 0 aromatic heterocycles. The number of nitrogens with one attached hydrogen (secondary N) is 1. The molecule has 6 nitrogen and oxygen atoms in total. The Balaban J connectivity index is 2.59. The second-order valence-electron chi connectivity index (χ2n) is 5.46. The van der Waals surface area contributed by atoms with Crippen LogP contribution in [0.3, 0.4) is 0 Å². The summed E-state index contributed by atoms with van der Waals surface area (Å²) < 4.78 is 5.29. The quantitative estimate of drug-likeness (QED) is 0.622. The fourth-order valence-electron chi connectivity index (χ4n) is 1.42. The van der Waals surface area contributed by atoms with Gasteiger partial charge in [0.05, 0.1) is 4.92 Å². The first-order valence-electron chi connectivity index (χ1n) is 6.19. The van der Waals surface area contributed by atoms with Gasteiger partial charge in [-0.05, 0) is 32.9 Å². The molecule has 1 atom stereocenters. The third kappa shape index (κ3) is 5.73. The third-order valence-electron chi connectivity index (χ3n) is 2.42. The smallest absolute Gasteiger partial charge is 0.312 e. The molecular weight excluding hydrogens is 284 g/mol. The van der Waals surface area contributed by atoms with Gasteiger partial charge in [-0.15, -0.1) is 0 Å². The number of β-amino-alcohol motifs (C(OH)–C–C–N with tert-alkyl or cyclic N) is 1. The van der Waals surface area contributed by atoms with Crippen LogP contribution in [0.2, 0.25) is 5.02 Å². The summed E-state index contributed by atoms with van der Waals surface area (Å²) in [5.74, 6) is 0.0919. The van der Waals surface area contributed by atoms with E-state index in [1.807, 2.05) is 20.8 Å². The van der Waals surface area contributed by atoms with Crippen molar-refractivity contribution in [1.29, 1.82) is 0 Å². The number of hydrogen-bond acceptors (Lipinski definition) is 5. The van der Waals surface area contributed by atoms with Crippen molar-refractivity contribution in [3.63, 3.8) is 0 Å². The average molecular weight is 303 g/mol. The van der Waals surface area contributed by atoms with Gasteiger partial charge in [-0.2, -0.15) is 0 Å². The molecular formula is C13H19ClN2O4. The van der Waals surface area contributed by atoms with Crippen molar-refractivity contribution in [3.8, 4) is 5.75 Å². The highest BCUT2D eigenvalue weighted by molar-refractivity contribution is 6.30. The summed E-state index contributed by atoms with van der Waals surface area (Å²) in [6.45, 7) is 6.23. The minimum absolute atomic E-state index is 0.0362. The third-order valence-corrected chi connectivity index (χ3v) is 2.65. The summed E-state index contributed by atoms with van der Waals surface area (Å²) in [5, 5.41) is 24.0. The second kappa shape index (κ2) is 6.88. The van der Waals surface area contributed by atoms with Gasteiger partial charge in [0.25, 0.3) is 0 Å². The maximum Gasteiger partial charge on any atom is 0.312 e. The highest BCUT2D eigenvalue weighted by Gasteiger charge is 2.18. The van der Waals surface area contributed by atoms with Crippen LogP contribution in [0.4, 0.5) is 5.69 Å². The molecule has 0 aliphatic heterocycles. The summed E-state index contributed by atoms with van der Waals surface area (Å²) in [6, 6.07) is 4.14. The van der Waals surface area contributed by atoms with Gasteiger partial charge in [0.15, 0.2) is 5.75 Å². The molecule has 0 saturated heterocycles. The molecule has 1 unspecified atom stereocenters. The zero-order valence-electron chi connectivity index (χ0n) is 11.7. The number of ether oxygens (including phenoxy) is 1. The van der Waals surface area contributed by atoms with E-state index in [9.17, 15) is 15.2 Å². The van der Waals surface area contributed by atoms with Crippen molar-refractivity contribution < 1.29 is 14.8 Å². The van der Waals surface area contributed by atoms with Gasteiger partial charge in [-0.1, -0.05) is 11.6 Å². The Kier molecular flexibility index (Phi) is 5.74. The normalized spacial score (nSPS) is 13.1. The predicted octanol–water partition coefficient (Wildman–Crippen LogP) is 2.38. The summed E-state index contributed by atoms with van der Waals surface area (Å²) in [7, 11) is 0. The minimum Gasteiger partial charge on any atom is -0.484 e. The Hall–Kier alpha value is -1.37. The molecule has 112 valence electrons. The van der Waals surface area contributed by atoms with Crippen LogP contribution in [-0.4, -0.2) is 34.8 Å². The molecule has 0 heterocycles. The van der Waals surface area contributed by atoms with Crippen LogP contribution in [-0.2, 0) is 0 Å². The summed E-state index contributed by atoms with van der Waals surface area (Å²) >= 11 is 5.70. The van der Waals surface area contributed by atoms with Gasteiger partial charge in [0, 0.05) is 23.2 Å². The molecule has 0 fully saturated rings. The molecule has 0 amide bonds. The van der Waals surface area contributed by atoms with E-state index in [0.29, 0.717) is 6.54 Å². The molecule has 1 aromatic carbocycles. The predicted molar refractivity (Wildman–Crippen MR) is 77.4 cm³/mol. The zero-order valence-corrected chi connectivity index (χ0v) is 12.5. The Bertz CT molecular complexity index is 474. The van der Waals surface area contributed by atoms with Crippen LogP contribution in [0.1, 0.15) is 20.8 Å². The first kappa shape index (κ1) is 16.7. The molecule has 0 bridgehead atoms. The zero-order chi connectivity index (χ0) is 15.3. The molecule has 2 N–H and O–H groups in total. The lowest BCUT2D eigenvalue weighted by molar-refractivity contribution is -0.385. The molecule has 0 saturated carbocycles. The van der Waals surface area contributed by atoms with Crippen LogP contribution in [0.5, 0.6) is 5.75 Å². The lowest BCUT2D eigenvalue weighted by Crippen LogP contribution is -2.42. The van der Waals surface area contributed by atoms with Crippen LogP contribution >= 0.6 is 11.6 Å². The van der Waals surface area contributed by atoms with Crippen molar-refractivity contribution in [2.24, 2.45) is 0 Å². The number of nitro groups is 1. The van der Waals surface area contributed by atoms with Crippen LogP contribution < -0.4 is 10.1 Å². The molecule has 1 aromatic rings. The van der Waals surface area contributed by atoms with Gasteiger partial charge in [-0.25, -0.2) is 0 Å². The fourth-order valence-corrected chi connectivity index (χ4v) is 1.59. The summed E-state index contributed by atoms with van der Waals surface area (Å²) in [4.78, 5) is 10.3. The number of halogens is 1. The summed E-state index contributed by atoms with van der Waals surface area (Å²) in [5.41, 5.74) is -0.332. The molecule has 0 radical (unpaired) electrons. The van der Waals surface area contributed by atoms with E-state index >= 15 is 0 Å². The number of benzene rings is 1. The molecule has 0 spiro atoms. The molecule has 7 heteroatoms. The van der Waals surface area contributed by atoms with Gasteiger partial charge in [0.1, 0.15) is 12.7 Å². The number of aliphatic hydroxyl groups excluding tert-OH is 1. The molecule has 0 aliphatic carbocycles. The molecule has 0 aliphatic rings. The maximum absolute atomic E-state index is 10.9. The first-order chi connectivity index (χ1) is 9.19. The topological polar surface area (TPSA) is 84.6 Å². The van der Waals surface area contributed by atoms with Gasteiger partial charge < -0.3 is 15.2 Å². The van der Waals surface area contributed by atoms with Crippen molar-refractivity contribution in [2.45, 2.75) is 32.4 Å². The van der Waals surface area contributed by atoms with E-state index < -0.39 is 11.0 Å². The van der Waals surface area contributed by atoms with E-state index in [1.165, 1.54) is 18.2 Å². The highest BCUT2D eigenvalue weighted by atomic mass is 35.5. The number of nitrogens with zero attached hydrogens (tertiary/aromatic N) is 1. The van der Waals surface area contributed by atoms with E-state index in [4.69, 9.17) is 16.3 Å². The SMILES string of the molecule is CC(C)(C)NCC(O)COc1ccc(Cl)cc1[N+](=O)[O-]. The Morgan fingerprint density at radius 3 is 2.70 bits per heavy atom.